The second-order valence-electron chi connectivity index (χ2n) is 7.13. The molecule has 0 fully saturated rings. The predicted molar refractivity (Wildman–Crippen MR) is 121 cm³/mol. The maximum absolute atomic E-state index is 13.0. The van der Waals surface area contributed by atoms with Crippen LogP contribution < -0.4 is 4.72 Å². The molecule has 0 amide bonds. The molecule has 3 aromatic carbocycles. The van der Waals surface area contributed by atoms with Gasteiger partial charge < -0.3 is 4.57 Å². The Morgan fingerprint density at radius 2 is 1.35 bits per heavy atom. The average Bonchev–Trinajstić information content (AvgIpc) is 3.18. The molecular formula is C22H21N3O4S2. The van der Waals surface area contributed by atoms with Crippen LogP contribution in [0, 0.1) is 0 Å². The molecule has 1 heterocycles. The summed E-state index contributed by atoms with van der Waals surface area (Å²) in [5.74, 6) is 0. The van der Waals surface area contributed by atoms with Gasteiger partial charge in [-0.05, 0) is 53.9 Å². The van der Waals surface area contributed by atoms with Crippen LogP contribution in [0.25, 0.3) is 16.6 Å². The average molecular weight is 456 g/mol. The lowest BCUT2D eigenvalue weighted by Gasteiger charge is -2.15. The van der Waals surface area contributed by atoms with E-state index >= 15 is 0 Å². The van der Waals surface area contributed by atoms with Gasteiger partial charge in [-0.3, -0.25) is 4.72 Å². The van der Waals surface area contributed by atoms with Crippen LogP contribution in [0.15, 0.2) is 94.9 Å². The molecule has 0 radical (unpaired) electrons. The molecule has 1 N–H and O–H groups in total. The third-order valence-electron chi connectivity index (χ3n) is 4.92. The van der Waals surface area contributed by atoms with E-state index in [4.69, 9.17) is 0 Å². The Hall–Kier alpha value is -3.14. The number of sulfonamides is 2. The minimum Gasteiger partial charge on any atom is -0.315 e. The van der Waals surface area contributed by atoms with Crippen LogP contribution >= 0.6 is 0 Å². The number of para-hydroxylation sites is 3. The summed E-state index contributed by atoms with van der Waals surface area (Å²) in [5, 5.41) is 1.04. The molecule has 160 valence electrons. The molecule has 0 saturated heterocycles. The van der Waals surface area contributed by atoms with Crippen molar-refractivity contribution in [2.24, 2.45) is 0 Å². The third kappa shape index (κ3) is 3.95. The zero-order chi connectivity index (χ0) is 22.2. The fraction of sp³-hybridized carbons (Fsp3) is 0.0909. The summed E-state index contributed by atoms with van der Waals surface area (Å²) in [5.41, 5.74) is 2.04. The molecule has 1 aromatic heterocycles. The molecule has 0 spiro atoms. The van der Waals surface area contributed by atoms with Gasteiger partial charge in [0.2, 0.25) is 10.0 Å². The van der Waals surface area contributed by atoms with Crippen LogP contribution in [0.1, 0.15) is 0 Å². The van der Waals surface area contributed by atoms with Crippen LogP contribution in [0.5, 0.6) is 0 Å². The largest absolute Gasteiger partial charge is 0.315 e. The smallest absolute Gasteiger partial charge is 0.261 e. The quantitative estimate of drug-likeness (QED) is 0.480. The Morgan fingerprint density at radius 1 is 0.742 bits per heavy atom. The van der Waals surface area contributed by atoms with E-state index in [0.29, 0.717) is 11.4 Å². The SMILES string of the molecule is CN(C)S(=O)(=O)c1ccc(S(=O)(=O)Nc2ccccc2-n2ccc3ccccc32)cc1. The second kappa shape index (κ2) is 7.84. The number of rotatable bonds is 6. The minimum atomic E-state index is -3.93. The van der Waals surface area contributed by atoms with Crippen LogP contribution in [0.3, 0.4) is 0 Å². The van der Waals surface area contributed by atoms with Gasteiger partial charge in [0.25, 0.3) is 10.0 Å². The highest BCUT2D eigenvalue weighted by atomic mass is 32.2. The summed E-state index contributed by atoms with van der Waals surface area (Å²) in [6.07, 6.45) is 1.89. The molecule has 4 aromatic rings. The summed E-state index contributed by atoms with van der Waals surface area (Å²) >= 11 is 0. The van der Waals surface area contributed by atoms with E-state index in [1.54, 1.807) is 12.1 Å². The van der Waals surface area contributed by atoms with Crippen molar-refractivity contribution in [3.63, 3.8) is 0 Å². The Morgan fingerprint density at radius 3 is 2.06 bits per heavy atom. The molecule has 0 aliphatic carbocycles. The fourth-order valence-electron chi connectivity index (χ4n) is 3.27. The lowest BCUT2D eigenvalue weighted by atomic mass is 10.2. The third-order valence-corrected chi connectivity index (χ3v) is 8.13. The number of hydrogen-bond acceptors (Lipinski definition) is 4. The molecule has 0 saturated carbocycles. The van der Waals surface area contributed by atoms with Gasteiger partial charge in [-0.25, -0.2) is 21.1 Å². The number of anilines is 1. The van der Waals surface area contributed by atoms with Gasteiger partial charge in [0.15, 0.2) is 0 Å². The Kier molecular flexibility index (Phi) is 5.34. The first-order valence-corrected chi connectivity index (χ1v) is 12.3. The summed E-state index contributed by atoms with van der Waals surface area (Å²) in [4.78, 5) is -0.00645. The van der Waals surface area contributed by atoms with E-state index in [1.165, 1.54) is 38.4 Å². The lowest BCUT2D eigenvalue weighted by Crippen LogP contribution is -2.22. The maximum Gasteiger partial charge on any atom is 0.261 e. The molecule has 7 nitrogen and oxygen atoms in total. The Bertz CT molecular complexity index is 1460. The highest BCUT2D eigenvalue weighted by Gasteiger charge is 2.21. The van der Waals surface area contributed by atoms with E-state index < -0.39 is 20.0 Å². The summed E-state index contributed by atoms with van der Waals surface area (Å²) < 4.78 is 56.1. The monoisotopic (exact) mass is 455 g/mol. The van der Waals surface area contributed by atoms with Crippen molar-refractivity contribution in [3.05, 3.63) is 85.1 Å². The van der Waals surface area contributed by atoms with E-state index in [2.05, 4.69) is 4.72 Å². The zero-order valence-corrected chi connectivity index (χ0v) is 18.6. The van der Waals surface area contributed by atoms with Crippen LogP contribution in [-0.4, -0.2) is 39.8 Å². The minimum absolute atomic E-state index is 0.0238. The first kappa shape index (κ1) is 21.1. The molecule has 0 aliphatic heterocycles. The molecule has 0 unspecified atom stereocenters. The molecule has 0 bridgehead atoms. The zero-order valence-electron chi connectivity index (χ0n) is 16.9. The fourth-order valence-corrected chi connectivity index (χ4v) is 5.24. The molecule has 0 aliphatic rings. The van der Waals surface area contributed by atoms with Crippen molar-refractivity contribution in [1.82, 2.24) is 8.87 Å². The maximum atomic E-state index is 13.0. The van der Waals surface area contributed by atoms with Gasteiger partial charge in [-0.1, -0.05) is 30.3 Å². The van der Waals surface area contributed by atoms with Crippen LogP contribution in [-0.2, 0) is 20.0 Å². The predicted octanol–water partition coefficient (Wildman–Crippen LogP) is 3.68. The van der Waals surface area contributed by atoms with Crippen molar-refractivity contribution in [2.45, 2.75) is 9.79 Å². The normalized spacial score (nSPS) is 12.4. The topological polar surface area (TPSA) is 88.5 Å². The van der Waals surface area contributed by atoms with E-state index in [9.17, 15) is 16.8 Å². The van der Waals surface area contributed by atoms with Gasteiger partial charge in [0, 0.05) is 20.3 Å². The number of hydrogen-bond donors (Lipinski definition) is 1. The lowest BCUT2D eigenvalue weighted by molar-refractivity contribution is 0.520. The number of fused-ring (bicyclic) bond motifs is 1. The first-order chi connectivity index (χ1) is 14.7. The van der Waals surface area contributed by atoms with Gasteiger partial charge >= 0.3 is 0 Å². The second-order valence-corrected chi connectivity index (χ2v) is 11.0. The number of nitrogens with one attached hydrogen (secondary N) is 1. The number of benzene rings is 3. The first-order valence-electron chi connectivity index (χ1n) is 9.41. The standard InChI is InChI=1S/C22H21N3O4S2/c1-24(2)31(28,29)19-13-11-18(12-14-19)30(26,27)23-20-8-4-6-10-22(20)25-16-15-17-7-3-5-9-21(17)25/h3-16,23H,1-2H3. The molecular weight excluding hydrogens is 434 g/mol. The summed E-state index contributed by atoms with van der Waals surface area (Å²) in [6, 6.07) is 22.0. The summed E-state index contributed by atoms with van der Waals surface area (Å²) in [7, 11) is -4.73. The van der Waals surface area contributed by atoms with Crippen molar-refractivity contribution in [3.8, 4) is 5.69 Å². The molecule has 0 atom stereocenters. The van der Waals surface area contributed by atoms with Gasteiger partial charge in [-0.15, -0.1) is 0 Å². The van der Waals surface area contributed by atoms with Crippen molar-refractivity contribution in [2.75, 3.05) is 18.8 Å². The van der Waals surface area contributed by atoms with Gasteiger partial charge in [-0.2, -0.15) is 0 Å². The highest BCUT2D eigenvalue weighted by Crippen LogP contribution is 2.28. The number of nitrogens with zero attached hydrogens (tertiary/aromatic N) is 2. The van der Waals surface area contributed by atoms with Crippen molar-refractivity contribution >= 4 is 36.6 Å². The van der Waals surface area contributed by atoms with Crippen LogP contribution in [0.2, 0.25) is 0 Å². The van der Waals surface area contributed by atoms with Crippen LogP contribution in [0.4, 0.5) is 5.69 Å². The van der Waals surface area contributed by atoms with E-state index in [-0.39, 0.29) is 9.79 Å². The molecule has 9 heteroatoms. The summed E-state index contributed by atoms with van der Waals surface area (Å²) in [6.45, 7) is 0. The Labute approximate surface area is 181 Å². The van der Waals surface area contributed by atoms with Crippen molar-refractivity contribution < 1.29 is 16.8 Å². The molecule has 31 heavy (non-hydrogen) atoms. The van der Waals surface area contributed by atoms with E-state index in [0.717, 1.165) is 15.2 Å². The number of aromatic nitrogens is 1. The van der Waals surface area contributed by atoms with Gasteiger partial charge in [0.05, 0.1) is 26.7 Å². The Balaban J connectivity index is 1.70. The van der Waals surface area contributed by atoms with Gasteiger partial charge in [0.1, 0.15) is 0 Å². The highest BCUT2D eigenvalue weighted by molar-refractivity contribution is 7.92. The molecule has 4 rings (SSSR count). The van der Waals surface area contributed by atoms with Crippen molar-refractivity contribution in [1.29, 1.82) is 0 Å². The van der Waals surface area contributed by atoms with E-state index in [1.807, 2.05) is 53.2 Å².